The molecule has 0 saturated heterocycles. The number of thioether (sulfide) groups is 1. The number of rotatable bonds is 5. The van der Waals surface area contributed by atoms with E-state index in [0.717, 1.165) is 18.2 Å². The summed E-state index contributed by atoms with van der Waals surface area (Å²) in [6.07, 6.45) is 2.31. The minimum absolute atomic E-state index is 0.0151. The van der Waals surface area contributed by atoms with Gasteiger partial charge in [0.15, 0.2) is 5.12 Å². The molecule has 0 unspecified atom stereocenters. The summed E-state index contributed by atoms with van der Waals surface area (Å²) in [6.45, 7) is 5.18. The van der Waals surface area contributed by atoms with Gasteiger partial charge >= 0.3 is 5.97 Å². The summed E-state index contributed by atoms with van der Waals surface area (Å²) in [6, 6.07) is 0. The predicted molar refractivity (Wildman–Crippen MR) is 70.4 cm³/mol. The first kappa shape index (κ1) is 15.2. The molecule has 102 valence electrons. The number of carboxylic acid groups (broad SMARTS) is 1. The number of carbonyl (C=O) groups excluding carboxylic acids is 2. The van der Waals surface area contributed by atoms with Crippen LogP contribution in [0.25, 0.3) is 0 Å². The van der Waals surface area contributed by atoms with E-state index in [2.05, 4.69) is 0 Å². The van der Waals surface area contributed by atoms with Crippen molar-refractivity contribution in [2.45, 2.75) is 51.2 Å². The fourth-order valence-corrected chi connectivity index (χ4v) is 3.61. The number of hydrogen-bond acceptors (Lipinski definition) is 4. The van der Waals surface area contributed by atoms with Gasteiger partial charge in [0.05, 0.1) is 5.92 Å². The number of Topliss-reactive ketones (excluding diaryl/α,β-unsaturated/α-hetero) is 1. The van der Waals surface area contributed by atoms with Crippen LogP contribution in [0.1, 0.15) is 46.5 Å². The fraction of sp³-hybridized carbons (Fsp3) is 0.769. The summed E-state index contributed by atoms with van der Waals surface area (Å²) in [5.74, 6) is -1.79. The second kappa shape index (κ2) is 5.87. The Morgan fingerprint density at radius 2 is 1.78 bits per heavy atom. The number of carbonyl (C=O) groups is 3. The summed E-state index contributed by atoms with van der Waals surface area (Å²) >= 11 is 1.15. The summed E-state index contributed by atoms with van der Waals surface area (Å²) in [5, 5.41) is 9.05. The van der Waals surface area contributed by atoms with Gasteiger partial charge in [-0.25, -0.2) is 0 Å². The molecule has 0 amide bonds. The molecule has 0 aromatic carbocycles. The van der Waals surface area contributed by atoms with Crippen LogP contribution in [0.5, 0.6) is 0 Å². The fourth-order valence-electron chi connectivity index (χ4n) is 2.62. The highest BCUT2D eigenvalue weighted by molar-refractivity contribution is 8.14. The topological polar surface area (TPSA) is 71.4 Å². The smallest absolute Gasteiger partial charge is 0.307 e. The Morgan fingerprint density at radius 1 is 1.22 bits per heavy atom. The summed E-state index contributed by atoms with van der Waals surface area (Å²) in [5.41, 5.74) is 0. The lowest BCUT2D eigenvalue weighted by atomic mass is 9.88. The van der Waals surface area contributed by atoms with E-state index in [-0.39, 0.29) is 23.2 Å². The normalized spacial score (nSPS) is 23.9. The van der Waals surface area contributed by atoms with Crippen molar-refractivity contribution in [3.63, 3.8) is 0 Å². The maximum absolute atomic E-state index is 12.2. The van der Waals surface area contributed by atoms with Crippen LogP contribution < -0.4 is 0 Å². The molecule has 1 aliphatic carbocycles. The first-order chi connectivity index (χ1) is 8.23. The molecule has 1 N–H and O–H groups in total. The second-order valence-corrected chi connectivity index (χ2v) is 7.36. The minimum atomic E-state index is -0.872. The molecule has 5 heteroatoms. The molecule has 1 saturated carbocycles. The number of ketones is 1. The van der Waals surface area contributed by atoms with E-state index in [9.17, 15) is 14.4 Å². The Hall–Kier alpha value is -0.840. The van der Waals surface area contributed by atoms with E-state index in [1.807, 2.05) is 13.8 Å². The zero-order valence-corrected chi connectivity index (χ0v) is 11.9. The van der Waals surface area contributed by atoms with E-state index in [0.29, 0.717) is 12.8 Å². The summed E-state index contributed by atoms with van der Waals surface area (Å²) < 4.78 is -0.450. The Balaban J connectivity index is 2.65. The molecule has 18 heavy (non-hydrogen) atoms. The standard InChI is InChI=1S/C13H20O4S/c1-8(14)18-13(2,3)7-11(15)9-5-4-6-10(9)12(16)17/h9-10H,4-7H2,1-3H3,(H,16,17)/t9-,10+/m1/s1. The lowest BCUT2D eigenvalue weighted by molar-refractivity contribution is -0.145. The largest absolute Gasteiger partial charge is 0.481 e. The Morgan fingerprint density at radius 3 is 2.28 bits per heavy atom. The monoisotopic (exact) mass is 272 g/mol. The molecule has 0 heterocycles. The van der Waals surface area contributed by atoms with Gasteiger partial charge in [-0.15, -0.1) is 0 Å². The minimum Gasteiger partial charge on any atom is -0.481 e. The molecule has 1 aliphatic rings. The highest BCUT2D eigenvalue weighted by Gasteiger charge is 2.39. The van der Waals surface area contributed by atoms with Crippen LogP contribution >= 0.6 is 11.8 Å². The van der Waals surface area contributed by atoms with Crippen molar-refractivity contribution in [2.75, 3.05) is 0 Å². The molecule has 0 radical (unpaired) electrons. The van der Waals surface area contributed by atoms with Crippen LogP contribution in [0, 0.1) is 11.8 Å². The molecule has 2 atom stereocenters. The third-order valence-corrected chi connectivity index (χ3v) is 4.25. The third-order valence-electron chi connectivity index (χ3n) is 3.27. The molecule has 0 bridgehead atoms. The quantitative estimate of drug-likeness (QED) is 0.832. The SMILES string of the molecule is CC(=O)SC(C)(C)CC(=O)[C@@H]1CCC[C@@H]1C(=O)O. The van der Waals surface area contributed by atoms with E-state index in [1.54, 1.807) is 0 Å². The van der Waals surface area contributed by atoms with Crippen LogP contribution in [0.3, 0.4) is 0 Å². The predicted octanol–water partition coefficient (Wildman–Crippen LogP) is 2.50. The van der Waals surface area contributed by atoms with Gasteiger partial charge in [0.25, 0.3) is 0 Å². The maximum atomic E-state index is 12.2. The van der Waals surface area contributed by atoms with Crippen molar-refractivity contribution in [3.8, 4) is 0 Å². The van der Waals surface area contributed by atoms with Gasteiger partial charge < -0.3 is 5.11 Å². The van der Waals surface area contributed by atoms with E-state index in [1.165, 1.54) is 6.92 Å². The zero-order chi connectivity index (χ0) is 13.9. The molecular formula is C13H20O4S. The van der Waals surface area contributed by atoms with E-state index >= 15 is 0 Å². The lowest BCUT2D eigenvalue weighted by Gasteiger charge is -2.24. The number of hydrogen-bond donors (Lipinski definition) is 1. The maximum Gasteiger partial charge on any atom is 0.307 e. The Bertz CT molecular complexity index is 362. The summed E-state index contributed by atoms with van der Waals surface area (Å²) in [7, 11) is 0. The van der Waals surface area contributed by atoms with Crippen molar-refractivity contribution in [1.29, 1.82) is 0 Å². The molecule has 0 aliphatic heterocycles. The molecule has 0 aromatic rings. The van der Waals surface area contributed by atoms with Gasteiger partial charge in [-0.2, -0.15) is 0 Å². The molecular weight excluding hydrogens is 252 g/mol. The molecule has 1 rings (SSSR count). The van der Waals surface area contributed by atoms with Gasteiger partial charge in [0.2, 0.25) is 0 Å². The van der Waals surface area contributed by atoms with E-state index in [4.69, 9.17) is 5.11 Å². The van der Waals surface area contributed by atoms with Gasteiger partial charge in [-0.1, -0.05) is 18.2 Å². The van der Waals surface area contributed by atoms with Gasteiger partial charge in [0, 0.05) is 24.0 Å². The van der Waals surface area contributed by atoms with E-state index < -0.39 is 16.6 Å². The second-order valence-electron chi connectivity index (χ2n) is 5.48. The van der Waals surface area contributed by atoms with Gasteiger partial charge in [-0.05, 0) is 26.7 Å². The van der Waals surface area contributed by atoms with Crippen molar-refractivity contribution >= 4 is 28.6 Å². The number of aliphatic carboxylic acids is 1. The highest BCUT2D eigenvalue weighted by Crippen LogP contribution is 2.37. The summed E-state index contributed by atoms with van der Waals surface area (Å²) in [4.78, 5) is 34.3. The lowest BCUT2D eigenvalue weighted by Crippen LogP contribution is -2.30. The third kappa shape index (κ3) is 4.12. The first-order valence-electron chi connectivity index (χ1n) is 6.18. The van der Waals surface area contributed by atoms with Crippen LogP contribution in [0.2, 0.25) is 0 Å². The Kier molecular flexibility index (Phi) is 4.96. The number of carboxylic acids is 1. The van der Waals surface area contributed by atoms with Crippen LogP contribution in [0.4, 0.5) is 0 Å². The Labute approximate surface area is 112 Å². The van der Waals surface area contributed by atoms with Crippen molar-refractivity contribution in [1.82, 2.24) is 0 Å². The van der Waals surface area contributed by atoms with Crippen molar-refractivity contribution < 1.29 is 19.5 Å². The molecule has 0 aromatic heterocycles. The average Bonchev–Trinajstić information content (AvgIpc) is 2.61. The zero-order valence-electron chi connectivity index (χ0n) is 11.1. The van der Waals surface area contributed by atoms with Crippen LogP contribution in [0.15, 0.2) is 0 Å². The first-order valence-corrected chi connectivity index (χ1v) is 7.00. The van der Waals surface area contributed by atoms with Crippen LogP contribution in [-0.4, -0.2) is 26.7 Å². The average molecular weight is 272 g/mol. The molecule has 4 nitrogen and oxygen atoms in total. The van der Waals surface area contributed by atoms with Crippen LogP contribution in [-0.2, 0) is 14.4 Å². The molecule has 1 fully saturated rings. The van der Waals surface area contributed by atoms with Crippen molar-refractivity contribution in [3.05, 3.63) is 0 Å². The highest BCUT2D eigenvalue weighted by atomic mass is 32.2. The van der Waals surface area contributed by atoms with Gasteiger partial charge in [-0.3, -0.25) is 14.4 Å². The molecule has 0 spiro atoms. The van der Waals surface area contributed by atoms with Gasteiger partial charge in [0.1, 0.15) is 5.78 Å². The van der Waals surface area contributed by atoms with Crippen molar-refractivity contribution in [2.24, 2.45) is 11.8 Å².